The number of hydrogen-bond donors (Lipinski definition) is 1. The van der Waals surface area contributed by atoms with E-state index in [0.29, 0.717) is 0 Å². The minimum Gasteiger partial charge on any atom is -0.339 e. The third-order valence-corrected chi connectivity index (χ3v) is 5.11. The van der Waals surface area contributed by atoms with Gasteiger partial charge in [0.2, 0.25) is 0 Å². The van der Waals surface area contributed by atoms with Gasteiger partial charge in [0, 0.05) is 43.6 Å². The Hall–Kier alpha value is -2.14. The first-order valence-corrected chi connectivity index (χ1v) is 9.26. The van der Waals surface area contributed by atoms with Gasteiger partial charge < -0.3 is 10.2 Å². The fourth-order valence-corrected chi connectivity index (χ4v) is 3.29. The number of amides is 1. The molecular weight excluding hydrogens is 312 g/mol. The lowest BCUT2D eigenvalue weighted by atomic mass is 10.1. The first-order valence-electron chi connectivity index (χ1n) is 9.26. The number of rotatable bonds is 6. The van der Waals surface area contributed by atoms with Crippen molar-refractivity contribution in [1.29, 1.82) is 0 Å². The molecule has 1 N–H and O–H groups in total. The van der Waals surface area contributed by atoms with Crippen molar-refractivity contribution in [2.24, 2.45) is 0 Å². The van der Waals surface area contributed by atoms with Gasteiger partial charge in [-0.1, -0.05) is 12.1 Å². The number of piperidine rings is 1. The predicted molar refractivity (Wildman–Crippen MR) is 99.4 cm³/mol. The van der Waals surface area contributed by atoms with Crippen molar-refractivity contribution < 1.29 is 4.79 Å². The second-order valence-corrected chi connectivity index (χ2v) is 6.95. The van der Waals surface area contributed by atoms with Crippen LogP contribution in [0.5, 0.6) is 0 Å². The zero-order valence-electron chi connectivity index (χ0n) is 15.2. The smallest absolute Gasteiger partial charge is 0.253 e. The molecule has 2 heterocycles. The maximum Gasteiger partial charge on any atom is 0.253 e. The van der Waals surface area contributed by atoms with Gasteiger partial charge in [-0.25, -0.2) is 0 Å². The molecule has 1 amide bonds. The molecule has 1 aromatic heterocycles. The highest BCUT2D eigenvalue weighted by Gasteiger charge is 2.18. The van der Waals surface area contributed by atoms with Crippen molar-refractivity contribution in [1.82, 2.24) is 20.0 Å². The van der Waals surface area contributed by atoms with E-state index in [1.807, 2.05) is 40.0 Å². The van der Waals surface area contributed by atoms with Crippen LogP contribution >= 0.6 is 0 Å². The quantitative estimate of drug-likeness (QED) is 0.878. The maximum absolute atomic E-state index is 12.6. The molecule has 5 nitrogen and oxygen atoms in total. The molecular formula is C20H28N4O. The van der Waals surface area contributed by atoms with Gasteiger partial charge in [0.25, 0.3) is 5.91 Å². The summed E-state index contributed by atoms with van der Waals surface area (Å²) in [6.07, 6.45) is 7.27. The Morgan fingerprint density at radius 3 is 2.72 bits per heavy atom. The summed E-state index contributed by atoms with van der Waals surface area (Å²) >= 11 is 0. The molecule has 2 aromatic rings. The Kier molecular flexibility index (Phi) is 5.87. The first-order chi connectivity index (χ1) is 12.1. The second-order valence-electron chi connectivity index (χ2n) is 6.95. The van der Waals surface area contributed by atoms with Crippen LogP contribution in [0.1, 0.15) is 55.1 Å². The molecule has 5 heteroatoms. The number of nitrogens with zero attached hydrogens (tertiary/aromatic N) is 3. The summed E-state index contributed by atoms with van der Waals surface area (Å²) in [6, 6.07) is 10.5. The van der Waals surface area contributed by atoms with Gasteiger partial charge in [-0.2, -0.15) is 5.10 Å². The minimum atomic E-state index is 0.166. The van der Waals surface area contributed by atoms with Gasteiger partial charge in [-0.3, -0.25) is 9.48 Å². The van der Waals surface area contributed by atoms with Crippen LogP contribution in [0.3, 0.4) is 0 Å². The van der Waals surface area contributed by atoms with Crippen molar-refractivity contribution in [3.05, 3.63) is 53.9 Å². The zero-order valence-corrected chi connectivity index (χ0v) is 15.2. The third kappa shape index (κ3) is 4.48. The van der Waals surface area contributed by atoms with E-state index in [4.69, 9.17) is 0 Å². The average Bonchev–Trinajstić information content (AvgIpc) is 3.20. The highest BCUT2D eigenvalue weighted by atomic mass is 16.2. The van der Waals surface area contributed by atoms with E-state index < -0.39 is 0 Å². The van der Waals surface area contributed by atoms with Gasteiger partial charge in [-0.05, 0) is 56.9 Å². The fourth-order valence-electron chi connectivity index (χ4n) is 3.29. The molecule has 1 saturated heterocycles. The summed E-state index contributed by atoms with van der Waals surface area (Å²) in [7, 11) is 0. The molecule has 0 aliphatic carbocycles. The number of nitrogens with one attached hydrogen (secondary N) is 1. The fraction of sp³-hybridized carbons (Fsp3) is 0.500. The molecule has 0 saturated carbocycles. The van der Waals surface area contributed by atoms with E-state index in [2.05, 4.69) is 30.3 Å². The number of hydrogen-bond acceptors (Lipinski definition) is 3. The Labute approximate surface area is 150 Å². The number of carbonyl (C=O) groups excluding carboxylic acids is 1. The van der Waals surface area contributed by atoms with Crippen LogP contribution in [0.2, 0.25) is 0 Å². The lowest BCUT2D eigenvalue weighted by Crippen LogP contribution is -2.36. The van der Waals surface area contributed by atoms with Crippen LogP contribution in [0.15, 0.2) is 42.7 Å². The molecule has 1 aromatic carbocycles. The van der Waals surface area contributed by atoms with Crippen LogP contribution in [0.4, 0.5) is 0 Å². The van der Waals surface area contributed by atoms with E-state index in [1.165, 1.54) is 6.42 Å². The summed E-state index contributed by atoms with van der Waals surface area (Å²) in [4.78, 5) is 14.6. The molecule has 2 atom stereocenters. The van der Waals surface area contributed by atoms with Gasteiger partial charge in [0.05, 0.1) is 6.04 Å². The molecule has 0 radical (unpaired) electrons. The van der Waals surface area contributed by atoms with Crippen LogP contribution in [-0.4, -0.2) is 39.7 Å². The number of aromatic nitrogens is 2. The standard InChI is InChI=1S/C20H28N4O/c1-16(17(2)24-13-7-10-22-24)21-15-18-8-6-9-19(14-18)20(25)23-11-4-3-5-12-23/h6-10,13-14,16-17,21H,3-5,11-12,15H2,1-2H3/t16-,17+/m1/s1. The Bertz CT molecular complexity index is 677. The summed E-state index contributed by atoms with van der Waals surface area (Å²) in [5.41, 5.74) is 1.94. The Balaban J connectivity index is 1.58. The van der Waals surface area contributed by atoms with Crippen molar-refractivity contribution in [3.63, 3.8) is 0 Å². The Morgan fingerprint density at radius 2 is 2.00 bits per heavy atom. The lowest BCUT2D eigenvalue weighted by Gasteiger charge is -2.27. The van der Waals surface area contributed by atoms with Gasteiger partial charge in [0.15, 0.2) is 0 Å². The van der Waals surface area contributed by atoms with E-state index in [0.717, 1.165) is 43.6 Å². The number of carbonyl (C=O) groups is 1. The summed E-state index contributed by atoms with van der Waals surface area (Å²) in [5.74, 6) is 0.166. The summed E-state index contributed by atoms with van der Waals surface area (Å²) < 4.78 is 1.97. The van der Waals surface area contributed by atoms with Gasteiger partial charge >= 0.3 is 0 Å². The van der Waals surface area contributed by atoms with E-state index in [9.17, 15) is 4.79 Å². The number of likely N-dealkylation sites (tertiary alicyclic amines) is 1. The van der Waals surface area contributed by atoms with Gasteiger partial charge in [0.1, 0.15) is 0 Å². The summed E-state index contributed by atoms with van der Waals surface area (Å²) in [5, 5.41) is 7.85. The third-order valence-electron chi connectivity index (χ3n) is 5.11. The van der Waals surface area contributed by atoms with Crippen LogP contribution in [-0.2, 0) is 6.54 Å². The maximum atomic E-state index is 12.6. The topological polar surface area (TPSA) is 50.2 Å². The molecule has 25 heavy (non-hydrogen) atoms. The molecule has 0 bridgehead atoms. The van der Waals surface area contributed by atoms with Crippen molar-refractivity contribution in [2.75, 3.05) is 13.1 Å². The van der Waals surface area contributed by atoms with E-state index >= 15 is 0 Å². The van der Waals surface area contributed by atoms with Crippen molar-refractivity contribution in [2.45, 2.75) is 51.7 Å². The van der Waals surface area contributed by atoms with Crippen molar-refractivity contribution >= 4 is 5.91 Å². The zero-order chi connectivity index (χ0) is 17.6. The first kappa shape index (κ1) is 17.7. The second kappa shape index (κ2) is 8.30. The molecule has 0 unspecified atom stereocenters. The molecule has 1 aliphatic rings. The predicted octanol–water partition coefficient (Wildman–Crippen LogP) is 3.25. The molecule has 0 spiro atoms. The number of benzene rings is 1. The van der Waals surface area contributed by atoms with E-state index in [1.54, 1.807) is 6.20 Å². The van der Waals surface area contributed by atoms with Crippen LogP contribution < -0.4 is 5.32 Å². The highest BCUT2D eigenvalue weighted by molar-refractivity contribution is 5.94. The molecule has 134 valence electrons. The Morgan fingerprint density at radius 1 is 1.20 bits per heavy atom. The van der Waals surface area contributed by atoms with E-state index in [-0.39, 0.29) is 18.0 Å². The SMILES string of the molecule is C[C@@H](NCc1cccc(C(=O)N2CCCCC2)c1)[C@H](C)n1cccn1. The van der Waals surface area contributed by atoms with Crippen molar-refractivity contribution in [3.8, 4) is 0 Å². The normalized spacial score (nSPS) is 17.3. The summed E-state index contributed by atoms with van der Waals surface area (Å²) in [6.45, 7) is 6.84. The molecule has 1 aliphatic heterocycles. The largest absolute Gasteiger partial charge is 0.339 e. The molecule has 3 rings (SSSR count). The van der Waals surface area contributed by atoms with Crippen LogP contribution in [0, 0.1) is 0 Å². The van der Waals surface area contributed by atoms with Gasteiger partial charge in [-0.15, -0.1) is 0 Å². The highest BCUT2D eigenvalue weighted by Crippen LogP contribution is 2.15. The molecule has 1 fully saturated rings. The minimum absolute atomic E-state index is 0.166. The lowest BCUT2D eigenvalue weighted by molar-refractivity contribution is 0.0724. The average molecular weight is 340 g/mol. The van der Waals surface area contributed by atoms with Crippen LogP contribution in [0.25, 0.3) is 0 Å². The monoisotopic (exact) mass is 340 g/mol.